The van der Waals surface area contributed by atoms with Gasteiger partial charge < -0.3 is 11.2 Å². The van der Waals surface area contributed by atoms with Crippen molar-refractivity contribution in [2.45, 2.75) is 30.4 Å². The van der Waals surface area contributed by atoms with Crippen LogP contribution in [0.4, 0.5) is 18.9 Å². The molecule has 1 amide bonds. The van der Waals surface area contributed by atoms with Crippen LogP contribution in [-0.2, 0) is 11.0 Å². The Morgan fingerprint density at radius 1 is 1.28 bits per heavy atom. The average molecular weight is 373 g/mol. The number of hydrogen-bond acceptors (Lipinski definition) is 6. The number of aryl methyl sites for hydroxylation is 1. The van der Waals surface area contributed by atoms with Crippen molar-refractivity contribution >= 4 is 23.4 Å². The molecule has 0 bridgehead atoms. The molecule has 1 aromatic carbocycles. The zero-order valence-electron chi connectivity index (χ0n) is 13.2. The van der Waals surface area contributed by atoms with Crippen LogP contribution in [0.1, 0.15) is 18.2 Å². The quantitative estimate of drug-likeness (QED) is 0.626. The second kappa shape index (κ2) is 7.13. The number of alkyl halides is 3. The van der Waals surface area contributed by atoms with Gasteiger partial charge in [0.1, 0.15) is 5.69 Å². The van der Waals surface area contributed by atoms with Crippen molar-refractivity contribution < 1.29 is 18.0 Å². The molecule has 0 spiro atoms. The predicted molar refractivity (Wildman–Crippen MR) is 86.6 cm³/mol. The first kappa shape index (κ1) is 18.8. The summed E-state index contributed by atoms with van der Waals surface area (Å²) in [5.74, 6) is 5.10. The number of nitrogens with one attached hydrogen (secondary N) is 1. The van der Waals surface area contributed by atoms with E-state index >= 15 is 0 Å². The van der Waals surface area contributed by atoms with Crippen LogP contribution in [0.5, 0.6) is 0 Å². The zero-order valence-corrected chi connectivity index (χ0v) is 14.0. The van der Waals surface area contributed by atoms with Gasteiger partial charge in [-0.2, -0.15) is 17.8 Å². The SMILES string of the molecule is Cc1nnc(S[C@H](C)C(=O)Nc2ccc(C(F)(F)F)cc2)n(N)c1=O. The molecule has 0 aliphatic heterocycles. The topological polar surface area (TPSA) is 103 Å². The smallest absolute Gasteiger partial charge is 0.334 e. The Hall–Kier alpha value is -2.56. The van der Waals surface area contributed by atoms with Gasteiger partial charge in [-0.15, -0.1) is 10.2 Å². The Morgan fingerprint density at radius 3 is 2.44 bits per heavy atom. The molecule has 0 saturated carbocycles. The fourth-order valence-electron chi connectivity index (χ4n) is 1.75. The molecule has 0 aliphatic rings. The molecule has 2 rings (SSSR count). The van der Waals surface area contributed by atoms with Gasteiger partial charge in [-0.05, 0) is 38.1 Å². The largest absolute Gasteiger partial charge is 0.416 e. The number of benzene rings is 1. The number of thioether (sulfide) groups is 1. The molecule has 1 heterocycles. The maximum absolute atomic E-state index is 12.5. The summed E-state index contributed by atoms with van der Waals surface area (Å²) in [7, 11) is 0. The summed E-state index contributed by atoms with van der Waals surface area (Å²) in [5.41, 5.74) is -1.01. The van der Waals surface area contributed by atoms with Gasteiger partial charge in [-0.1, -0.05) is 11.8 Å². The van der Waals surface area contributed by atoms with Gasteiger partial charge in [0.25, 0.3) is 5.56 Å². The van der Waals surface area contributed by atoms with E-state index in [-0.39, 0.29) is 16.5 Å². The lowest BCUT2D eigenvalue weighted by Gasteiger charge is -2.13. The van der Waals surface area contributed by atoms with Gasteiger partial charge in [0.05, 0.1) is 10.8 Å². The molecule has 0 unspecified atom stereocenters. The van der Waals surface area contributed by atoms with E-state index in [0.29, 0.717) is 0 Å². The first-order chi connectivity index (χ1) is 11.6. The number of rotatable bonds is 4. The minimum atomic E-state index is -4.44. The highest BCUT2D eigenvalue weighted by atomic mass is 32.2. The zero-order chi connectivity index (χ0) is 18.8. The number of halogens is 3. The van der Waals surface area contributed by atoms with Crippen LogP contribution in [-0.4, -0.2) is 26.0 Å². The number of nitrogen functional groups attached to an aromatic ring is 1. The lowest BCUT2D eigenvalue weighted by Crippen LogP contribution is -2.33. The molecule has 3 N–H and O–H groups in total. The van der Waals surface area contributed by atoms with E-state index < -0.39 is 28.5 Å². The van der Waals surface area contributed by atoms with Crippen molar-refractivity contribution in [3.63, 3.8) is 0 Å². The second-order valence-electron chi connectivity index (χ2n) is 5.07. The Balaban J connectivity index is 2.06. The van der Waals surface area contributed by atoms with E-state index in [0.717, 1.165) is 40.7 Å². The standard InChI is InChI=1S/C14H14F3N5O2S/c1-7-12(24)22(18)13(21-20-7)25-8(2)11(23)19-10-5-3-9(4-6-10)14(15,16)17/h3-6,8H,18H2,1-2H3,(H,19,23)/t8-/m1/s1. The molecule has 2 aromatic rings. The average Bonchev–Trinajstić information content (AvgIpc) is 2.55. The first-order valence-corrected chi connectivity index (χ1v) is 7.83. The molecule has 1 atom stereocenters. The summed E-state index contributed by atoms with van der Waals surface area (Å²) in [5, 5.41) is 9.21. The molecular weight excluding hydrogens is 359 g/mol. The number of amides is 1. The third-order valence-electron chi connectivity index (χ3n) is 3.15. The number of carbonyl (C=O) groups is 1. The van der Waals surface area contributed by atoms with Gasteiger partial charge in [0.2, 0.25) is 11.1 Å². The van der Waals surface area contributed by atoms with E-state index in [4.69, 9.17) is 5.84 Å². The van der Waals surface area contributed by atoms with Crippen LogP contribution >= 0.6 is 11.8 Å². The number of nitrogens with two attached hydrogens (primary N) is 1. The number of hydrogen-bond donors (Lipinski definition) is 2. The third-order valence-corrected chi connectivity index (χ3v) is 4.21. The highest BCUT2D eigenvalue weighted by Gasteiger charge is 2.30. The van der Waals surface area contributed by atoms with E-state index in [1.807, 2.05) is 0 Å². The van der Waals surface area contributed by atoms with Gasteiger partial charge >= 0.3 is 6.18 Å². The third kappa shape index (κ3) is 4.50. The summed E-state index contributed by atoms with van der Waals surface area (Å²) < 4.78 is 38.3. The van der Waals surface area contributed by atoms with Crippen LogP contribution in [0, 0.1) is 6.92 Å². The maximum atomic E-state index is 12.5. The fraction of sp³-hybridized carbons (Fsp3) is 0.286. The van der Waals surface area contributed by atoms with Gasteiger partial charge in [-0.3, -0.25) is 9.59 Å². The lowest BCUT2D eigenvalue weighted by molar-refractivity contribution is -0.137. The van der Waals surface area contributed by atoms with Gasteiger partial charge in [0.15, 0.2) is 0 Å². The van der Waals surface area contributed by atoms with Crippen molar-refractivity contribution in [1.29, 1.82) is 0 Å². The Labute approximate surface area is 144 Å². The highest BCUT2D eigenvalue weighted by molar-refractivity contribution is 8.00. The molecule has 1 aromatic heterocycles. The summed E-state index contributed by atoms with van der Waals surface area (Å²) in [6, 6.07) is 4.05. The van der Waals surface area contributed by atoms with E-state index in [9.17, 15) is 22.8 Å². The van der Waals surface area contributed by atoms with Crippen molar-refractivity contribution in [2.75, 3.05) is 11.2 Å². The minimum absolute atomic E-state index is 0.0469. The monoisotopic (exact) mass is 373 g/mol. The predicted octanol–water partition coefficient (Wildman–Crippen LogP) is 1.80. The number of aromatic nitrogens is 3. The molecule has 0 saturated heterocycles. The van der Waals surface area contributed by atoms with Crippen LogP contribution in [0.25, 0.3) is 0 Å². The van der Waals surface area contributed by atoms with Crippen LogP contribution in [0.15, 0.2) is 34.2 Å². The van der Waals surface area contributed by atoms with Crippen molar-refractivity contribution in [1.82, 2.24) is 14.9 Å². The molecular formula is C14H14F3N5O2S. The lowest BCUT2D eigenvalue weighted by atomic mass is 10.2. The van der Waals surface area contributed by atoms with E-state index in [1.54, 1.807) is 0 Å². The van der Waals surface area contributed by atoms with Gasteiger partial charge in [-0.25, -0.2) is 0 Å². The summed E-state index contributed by atoms with van der Waals surface area (Å²) in [4.78, 5) is 23.8. The van der Waals surface area contributed by atoms with Gasteiger partial charge in [0, 0.05) is 5.69 Å². The Morgan fingerprint density at radius 2 is 1.88 bits per heavy atom. The van der Waals surface area contributed by atoms with Crippen molar-refractivity contribution in [2.24, 2.45) is 0 Å². The normalized spacial score (nSPS) is 12.7. The molecule has 0 aliphatic carbocycles. The van der Waals surface area contributed by atoms with E-state index in [1.165, 1.54) is 13.8 Å². The van der Waals surface area contributed by atoms with Crippen molar-refractivity contribution in [3.8, 4) is 0 Å². The van der Waals surface area contributed by atoms with E-state index in [2.05, 4.69) is 15.5 Å². The molecule has 134 valence electrons. The molecule has 0 fully saturated rings. The maximum Gasteiger partial charge on any atom is 0.416 e. The number of anilines is 1. The Bertz CT molecular complexity index is 836. The fourth-order valence-corrected chi connectivity index (χ4v) is 2.51. The molecule has 0 radical (unpaired) electrons. The summed E-state index contributed by atoms with van der Waals surface area (Å²) >= 11 is 0.900. The molecule has 11 heteroatoms. The first-order valence-electron chi connectivity index (χ1n) is 6.96. The minimum Gasteiger partial charge on any atom is -0.334 e. The number of carbonyl (C=O) groups excluding carboxylic acids is 1. The highest BCUT2D eigenvalue weighted by Crippen LogP contribution is 2.30. The van der Waals surface area contributed by atoms with Crippen LogP contribution in [0.3, 0.4) is 0 Å². The summed E-state index contributed by atoms with van der Waals surface area (Å²) in [6.07, 6.45) is -4.44. The number of nitrogens with zero attached hydrogens (tertiary/aromatic N) is 3. The van der Waals surface area contributed by atoms with Crippen molar-refractivity contribution in [3.05, 3.63) is 45.9 Å². The molecule has 7 nitrogen and oxygen atoms in total. The van der Waals surface area contributed by atoms with Crippen LogP contribution < -0.4 is 16.7 Å². The second-order valence-corrected chi connectivity index (χ2v) is 6.38. The summed E-state index contributed by atoms with van der Waals surface area (Å²) in [6.45, 7) is 2.99. The Kier molecular flexibility index (Phi) is 5.36. The van der Waals surface area contributed by atoms with Crippen LogP contribution in [0.2, 0.25) is 0 Å². The molecule has 25 heavy (non-hydrogen) atoms.